The lowest BCUT2D eigenvalue weighted by Gasteiger charge is -2.14. The van der Waals surface area contributed by atoms with E-state index in [2.05, 4.69) is 15.1 Å². The lowest BCUT2D eigenvalue weighted by molar-refractivity contribution is 0.0771. The summed E-state index contributed by atoms with van der Waals surface area (Å²) in [5, 5.41) is 5.66. The summed E-state index contributed by atoms with van der Waals surface area (Å²) in [5.74, 6) is 1.37. The number of H-pyrrole nitrogens is 1. The Hall–Kier alpha value is -2.48. The lowest BCUT2D eigenvalue weighted by Crippen LogP contribution is -2.28. The van der Waals surface area contributed by atoms with E-state index >= 15 is 0 Å². The molecule has 0 saturated heterocycles. The van der Waals surface area contributed by atoms with Gasteiger partial charge in [-0.05, 0) is 24.3 Å². The molecule has 0 aromatic carbocycles. The molecule has 0 unspecified atom stereocenters. The van der Waals surface area contributed by atoms with Crippen molar-refractivity contribution in [3.8, 4) is 0 Å². The van der Waals surface area contributed by atoms with Crippen molar-refractivity contribution >= 4 is 27.5 Å². The Morgan fingerprint density at radius 3 is 3.13 bits per heavy atom. The average molecular weight is 330 g/mol. The zero-order chi connectivity index (χ0) is 16.0. The van der Waals surface area contributed by atoms with Crippen LogP contribution < -0.4 is 5.56 Å². The molecule has 1 amide bonds. The summed E-state index contributed by atoms with van der Waals surface area (Å²) in [6.07, 6.45) is 2.18. The Kier molecular flexibility index (Phi) is 3.26. The van der Waals surface area contributed by atoms with Crippen molar-refractivity contribution in [2.75, 3.05) is 7.05 Å². The van der Waals surface area contributed by atoms with E-state index in [4.69, 9.17) is 4.52 Å². The Balaban J connectivity index is 1.54. The van der Waals surface area contributed by atoms with Crippen LogP contribution in [0.1, 0.15) is 40.8 Å². The van der Waals surface area contributed by atoms with Crippen molar-refractivity contribution < 1.29 is 9.32 Å². The number of hydrogen-bond donors (Lipinski definition) is 1. The van der Waals surface area contributed by atoms with Crippen LogP contribution in [-0.4, -0.2) is 33.0 Å². The second kappa shape index (κ2) is 5.31. The van der Waals surface area contributed by atoms with Crippen molar-refractivity contribution in [1.82, 2.24) is 20.0 Å². The highest BCUT2D eigenvalue weighted by Crippen LogP contribution is 2.40. The van der Waals surface area contributed by atoms with Crippen LogP contribution in [0.25, 0.3) is 10.2 Å². The second-order valence-electron chi connectivity index (χ2n) is 5.70. The van der Waals surface area contributed by atoms with Gasteiger partial charge in [-0.1, -0.05) is 5.16 Å². The van der Waals surface area contributed by atoms with Gasteiger partial charge in [-0.15, -0.1) is 11.3 Å². The van der Waals surface area contributed by atoms with E-state index in [1.165, 1.54) is 16.2 Å². The fourth-order valence-electron chi connectivity index (χ4n) is 2.44. The number of fused-ring (bicyclic) bond motifs is 1. The van der Waals surface area contributed by atoms with Gasteiger partial charge in [-0.25, -0.2) is 4.98 Å². The van der Waals surface area contributed by atoms with Crippen LogP contribution in [0.3, 0.4) is 0 Å². The van der Waals surface area contributed by atoms with Crippen molar-refractivity contribution in [2.45, 2.75) is 25.3 Å². The summed E-state index contributed by atoms with van der Waals surface area (Å²) >= 11 is 1.35. The normalized spacial score (nSPS) is 14.3. The summed E-state index contributed by atoms with van der Waals surface area (Å²) in [5.41, 5.74) is 0.749. The van der Waals surface area contributed by atoms with E-state index in [1.807, 2.05) is 5.38 Å². The van der Waals surface area contributed by atoms with Gasteiger partial charge < -0.3 is 14.4 Å². The number of aromatic amines is 1. The van der Waals surface area contributed by atoms with Gasteiger partial charge in [0.05, 0.1) is 12.1 Å². The van der Waals surface area contributed by atoms with E-state index in [9.17, 15) is 9.59 Å². The number of hydrogen-bond acceptors (Lipinski definition) is 6. The number of carbonyl (C=O) groups excluding carboxylic acids is 1. The van der Waals surface area contributed by atoms with Crippen LogP contribution in [0, 0.1) is 0 Å². The van der Waals surface area contributed by atoms with Gasteiger partial charge in [0.2, 0.25) is 0 Å². The predicted octanol–water partition coefficient (Wildman–Crippen LogP) is 2.12. The number of carbonyl (C=O) groups is 1. The maximum Gasteiger partial charge on any atom is 0.276 e. The van der Waals surface area contributed by atoms with E-state index in [0.29, 0.717) is 22.0 Å². The maximum atomic E-state index is 12.4. The maximum absolute atomic E-state index is 12.4. The average Bonchev–Trinajstić information content (AvgIpc) is 3.07. The van der Waals surface area contributed by atoms with E-state index in [1.54, 1.807) is 19.2 Å². The molecule has 3 aromatic rings. The summed E-state index contributed by atoms with van der Waals surface area (Å²) in [6, 6.07) is 3.49. The summed E-state index contributed by atoms with van der Waals surface area (Å²) in [4.78, 5) is 32.9. The molecule has 118 valence electrons. The standard InChI is InChI=1S/C15H14N4O3S/c1-19(15(21)10-6-11(22-18-10)8-2-3-8)7-12-16-9-4-5-23-13(9)14(20)17-12/h4-6,8H,2-3,7H2,1H3,(H,16,17,20). The molecule has 0 aliphatic heterocycles. The Morgan fingerprint density at radius 1 is 1.52 bits per heavy atom. The van der Waals surface area contributed by atoms with Gasteiger partial charge in [-0.2, -0.15) is 0 Å². The fraction of sp³-hybridized carbons (Fsp3) is 0.333. The first-order valence-corrected chi connectivity index (χ1v) is 8.18. The summed E-state index contributed by atoms with van der Waals surface area (Å²) in [7, 11) is 1.64. The quantitative estimate of drug-likeness (QED) is 0.791. The van der Waals surface area contributed by atoms with Gasteiger partial charge in [0.25, 0.3) is 11.5 Å². The molecule has 23 heavy (non-hydrogen) atoms. The molecule has 1 fully saturated rings. The molecule has 1 saturated carbocycles. The topological polar surface area (TPSA) is 92.1 Å². The van der Waals surface area contributed by atoms with Crippen LogP contribution in [0.2, 0.25) is 0 Å². The van der Waals surface area contributed by atoms with E-state index in [0.717, 1.165) is 18.6 Å². The van der Waals surface area contributed by atoms with Crippen LogP contribution in [0.5, 0.6) is 0 Å². The first-order chi connectivity index (χ1) is 11.1. The zero-order valence-electron chi connectivity index (χ0n) is 12.4. The fourth-order valence-corrected chi connectivity index (χ4v) is 3.16. The van der Waals surface area contributed by atoms with Gasteiger partial charge in [0.15, 0.2) is 5.69 Å². The number of nitrogens with zero attached hydrogens (tertiary/aromatic N) is 3. The third-order valence-electron chi connectivity index (χ3n) is 3.82. The SMILES string of the molecule is CN(Cc1nc2ccsc2c(=O)[nH]1)C(=O)c1cc(C2CC2)on1. The number of amides is 1. The lowest BCUT2D eigenvalue weighted by atomic mass is 10.2. The number of thiophene rings is 1. The Morgan fingerprint density at radius 2 is 2.35 bits per heavy atom. The number of nitrogens with one attached hydrogen (secondary N) is 1. The molecule has 3 heterocycles. The first-order valence-electron chi connectivity index (χ1n) is 7.30. The second-order valence-corrected chi connectivity index (χ2v) is 6.61. The molecule has 0 spiro atoms. The third-order valence-corrected chi connectivity index (χ3v) is 4.73. The minimum absolute atomic E-state index is 0.182. The molecule has 0 radical (unpaired) electrons. The van der Waals surface area contributed by atoms with Crippen molar-refractivity contribution in [3.05, 3.63) is 45.1 Å². The van der Waals surface area contributed by atoms with Crippen LogP contribution in [0.4, 0.5) is 0 Å². The molecule has 1 aliphatic carbocycles. The molecule has 1 N–H and O–H groups in total. The highest BCUT2D eigenvalue weighted by Gasteiger charge is 2.29. The highest BCUT2D eigenvalue weighted by molar-refractivity contribution is 7.17. The molecular weight excluding hydrogens is 316 g/mol. The Labute approximate surface area is 134 Å². The van der Waals surface area contributed by atoms with Gasteiger partial charge in [0, 0.05) is 19.0 Å². The van der Waals surface area contributed by atoms with Gasteiger partial charge in [-0.3, -0.25) is 9.59 Å². The first kappa shape index (κ1) is 14.1. The third kappa shape index (κ3) is 2.65. The molecular formula is C15H14N4O3S. The molecule has 7 nitrogen and oxygen atoms in total. The van der Waals surface area contributed by atoms with Crippen LogP contribution in [0.15, 0.2) is 26.8 Å². The summed E-state index contributed by atoms with van der Waals surface area (Å²) in [6.45, 7) is 0.200. The number of rotatable bonds is 4. The smallest absolute Gasteiger partial charge is 0.276 e. The predicted molar refractivity (Wildman–Crippen MR) is 84.5 cm³/mol. The molecule has 8 heteroatoms. The Bertz CT molecular complexity index is 937. The van der Waals surface area contributed by atoms with Crippen LogP contribution >= 0.6 is 11.3 Å². The monoisotopic (exact) mass is 330 g/mol. The molecule has 0 bridgehead atoms. The van der Waals surface area contributed by atoms with E-state index in [-0.39, 0.29) is 23.7 Å². The minimum Gasteiger partial charge on any atom is -0.360 e. The largest absolute Gasteiger partial charge is 0.360 e. The zero-order valence-corrected chi connectivity index (χ0v) is 13.2. The molecule has 3 aromatic heterocycles. The van der Waals surface area contributed by atoms with Crippen molar-refractivity contribution in [2.24, 2.45) is 0 Å². The van der Waals surface area contributed by atoms with Gasteiger partial charge in [0.1, 0.15) is 16.3 Å². The molecule has 4 rings (SSSR count). The van der Waals surface area contributed by atoms with Crippen LogP contribution in [-0.2, 0) is 6.54 Å². The number of aromatic nitrogens is 3. The molecule has 0 atom stereocenters. The van der Waals surface area contributed by atoms with E-state index < -0.39 is 0 Å². The highest BCUT2D eigenvalue weighted by atomic mass is 32.1. The van der Waals surface area contributed by atoms with Crippen molar-refractivity contribution in [1.29, 1.82) is 0 Å². The van der Waals surface area contributed by atoms with Gasteiger partial charge >= 0.3 is 0 Å². The molecule has 1 aliphatic rings. The van der Waals surface area contributed by atoms with Crippen molar-refractivity contribution in [3.63, 3.8) is 0 Å². The minimum atomic E-state index is -0.256. The summed E-state index contributed by atoms with van der Waals surface area (Å²) < 4.78 is 5.80.